The first-order valence-electron chi connectivity index (χ1n) is 6.39. The van der Waals surface area contributed by atoms with Crippen molar-refractivity contribution in [3.05, 3.63) is 28.8 Å². The smallest absolute Gasteiger partial charge is 0.279 e. The molecule has 0 radical (unpaired) electrons. The van der Waals surface area contributed by atoms with Crippen LogP contribution in [-0.2, 0) is 14.6 Å². The number of nitrogens with zero attached hydrogens (tertiary/aromatic N) is 1. The second-order valence-corrected chi connectivity index (χ2v) is 10.0. The minimum absolute atomic E-state index is 0.000910. The summed E-state index contributed by atoms with van der Waals surface area (Å²) in [5.74, 6) is -0.947. The van der Waals surface area contributed by atoms with Gasteiger partial charge < -0.3 is 4.90 Å². The first kappa shape index (κ1) is 18.1. The summed E-state index contributed by atoms with van der Waals surface area (Å²) in [4.78, 5) is 13.8. The number of hydrogen-bond donors (Lipinski definition) is 0. The predicted molar refractivity (Wildman–Crippen MR) is 91.0 cm³/mol. The van der Waals surface area contributed by atoms with Gasteiger partial charge in [0.1, 0.15) is 0 Å². The molecule has 1 atom stereocenters. The summed E-state index contributed by atoms with van der Waals surface area (Å²) in [7, 11) is -3.21. The lowest BCUT2D eigenvalue weighted by molar-refractivity contribution is -0.118. The van der Waals surface area contributed by atoms with Gasteiger partial charge in [0.05, 0.1) is 17.5 Å². The van der Waals surface area contributed by atoms with Crippen molar-refractivity contribution in [2.75, 3.05) is 16.4 Å². The molecule has 4 nitrogen and oxygen atoms in total. The summed E-state index contributed by atoms with van der Waals surface area (Å²) >= 11 is 23.3. The standard InChI is InChI=1S/C13H13Cl4NO3S/c1-8-10(14)3-2-4-11(8)18(12(19)13(15,16)17)9-5-6-22(20,21)7-9/h2-4,9H,5-7H2,1H3. The molecule has 122 valence electrons. The van der Waals surface area contributed by atoms with Crippen LogP contribution in [0.25, 0.3) is 0 Å². The van der Waals surface area contributed by atoms with Crippen LogP contribution < -0.4 is 4.90 Å². The summed E-state index contributed by atoms with van der Waals surface area (Å²) in [6.07, 6.45) is 0.292. The maximum atomic E-state index is 12.5. The summed E-state index contributed by atoms with van der Waals surface area (Å²) < 4.78 is 21.3. The molecule has 2 rings (SSSR count). The number of sulfone groups is 1. The molecule has 1 amide bonds. The number of halogens is 4. The molecule has 1 aliphatic rings. The second-order valence-electron chi connectivity index (χ2n) is 5.11. The number of carbonyl (C=O) groups is 1. The molecule has 0 N–H and O–H groups in total. The third-order valence-electron chi connectivity index (χ3n) is 3.53. The highest BCUT2D eigenvalue weighted by Crippen LogP contribution is 2.37. The maximum absolute atomic E-state index is 12.5. The molecule has 22 heavy (non-hydrogen) atoms. The van der Waals surface area contributed by atoms with Gasteiger partial charge in [-0.25, -0.2) is 8.42 Å². The Morgan fingerprint density at radius 2 is 1.95 bits per heavy atom. The van der Waals surface area contributed by atoms with Crippen molar-refractivity contribution in [3.63, 3.8) is 0 Å². The molecule has 9 heteroatoms. The number of rotatable bonds is 2. The minimum Gasteiger partial charge on any atom is -0.304 e. The fourth-order valence-electron chi connectivity index (χ4n) is 2.44. The van der Waals surface area contributed by atoms with E-state index in [1.165, 1.54) is 4.90 Å². The minimum atomic E-state index is -3.21. The van der Waals surface area contributed by atoms with Crippen LogP contribution in [0.2, 0.25) is 5.02 Å². The Morgan fingerprint density at radius 3 is 2.45 bits per heavy atom. The molecule has 0 aromatic heterocycles. The van der Waals surface area contributed by atoms with Crippen molar-refractivity contribution in [2.45, 2.75) is 23.2 Å². The molecule has 1 heterocycles. The Balaban J connectivity index is 2.51. The second kappa shape index (κ2) is 6.36. The van der Waals surface area contributed by atoms with E-state index in [-0.39, 0.29) is 11.5 Å². The van der Waals surface area contributed by atoms with Crippen LogP contribution in [0.1, 0.15) is 12.0 Å². The predicted octanol–water partition coefficient (Wildman–Crippen LogP) is 3.54. The number of alkyl halides is 3. The topological polar surface area (TPSA) is 54.5 Å². The summed E-state index contributed by atoms with van der Waals surface area (Å²) in [6, 6.07) is 4.40. The normalized spacial score (nSPS) is 20.9. The number of carbonyl (C=O) groups excluding carboxylic acids is 1. The van der Waals surface area contributed by atoms with Gasteiger partial charge in [0.25, 0.3) is 9.70 Å². The quantitative estimate of drug-likeness (QED) is 0.708. The molecule has 0 saturated carbocycles. The van der Waals surface area contributed by atoms with Gasteiger partial charge in [-0.2, -0.15) is 0 Å². The van der Waals surface area contributed by atoms with Crippen molar-refractivity contribution in [2.24, 2.45) is 0 Å². The van der Waals surface area contributed by atoms with E-state index in [0.29, 0.717) is 22.7 Å². The first-order chi connectivity index (χ1) is 10.0. The lowest BCUT2D eigenvalue weighted by atomic mass is 10.1. The van der Waals surface area contributed by atoms with Crippen molar-refractivity contribution in [1.29, 1.82) is 0 Å². The zero-order chi connectivity index (χ0) is 16.7. The number of anilines is 1. The number of benzene rings is 1. The molecule has 1 aromatic rings. The summed E-state index contributed by atoms with van der Waals surface area (Å²) in [5.41, 5.74) is 1.07. The number of hydrogen-bond acceptors (Lipinski definition) is 3. The largest absolute Gasteiger partial charge is 0.304 e. The van der Waals surface area contributed by atoms with Gasteiger partial charge in [-0.1, -0.05) is 52.5 Å². The van der Waals surface area contributed by atoms with E-state index in [1.54, 1.807) is 25.1 Å². The van der Waals surface area contributed by atoms with E-state index in [0.717, 1.165) is 0 Å². The molecular weight excluding hydrogens is 392 g/mol. The van der Waals surface area contributed by atoms with Gasteiger partial charge in [0.15, 0.2) is 9.84 Å². The highest BCUT2D eigenvalue weighted by atomic mass is 35.6. The molecule has 1 unspecified atom stereocenters. The maximum Gasteiger partial charge on any atom is 0.279 e. The van der Waals surface area contributed by atoms with E-state index in [4.69, 9.17) is 46.4 Å². The van der Waals surface area contributed by atoms with Crippen LogP contribution in [0.5, 0.6) is 0 Å². The van der Waals surface area contributed by atoms with E-state index >= 15 is 0 Å². The monoisotopic (exact) mass is 403 g/mol. The van der Waals surface area contributed by atoms with Crippen molar-refractivity contribution >= 4 is 67.8 Å². The Bertz CT molecular complexity index is 700. The van der Waals surface area contributed by atoms with Crippen molar-refractivity contribution in [3.8, 4) is 0 Å². The molecule has 0 spiro atoms. The Labute approximate surface area is 149 Å². The third-order valence-corrected chi connectivity index (χ3v) is 6.18. The van der Waals surface area contributed by atoms with Crippen LogP contribution in [-0.4, -0.2) is 35.7 Å². The van der Waals surface area contributed by atoms with Crippen molar-refractivity contribution < 1.29 is 13.2 Å². The van der Waals surface area contributed by atoms with Crippen LogP contribution in [0.3, 0.4) is 0 Å². The van der Waals surface area contributed by atoms with Gasteiger partial charge in [-0.05, 0) is 31.0 Å². The van der Waals surface area contributed by atoms with Crippen LogP contribution in [0, 0.1) is 6.92 Å². The molecule has 0 bridgehead atoms. The van der Waals surface area contributed by atoms with E-state index in [1.807, 2.05) is 0 Å². The van der Waals surface area contributed by atoms with Gasteiger partial charge in [-0.15, -0.1) is 0 Å². The highest BCUT2D eigenvalue weighted by Gasteiger charge is 2.43. The first-order valence-corrected chi connectivity index (χ1v) is 9.72. The van der Waals surface area contributed by atoms with Crippen molar-refractivity contribution in [1.82, 2.24) is 0 Å². The van der Waals surface area contributed by atoms with Crippen LogP contribution >= 0.6 is 46.4 Å². The Kier molecular flexibility index (Phi) is 5.25. The summed E-state index contributed by atoms with van der Waals surface area (Å²) in [5, 5.41) is 0.445. The molecule has 1 fully saturated rings. The Hall–Kier alpha value is -0.200. The van der Waals surface area contributed by atoms with E-state index < -0.39 is 25.6 Å². The van der Waals surface area contributed by atoms with Gasteiger partial charge >= 0.3 is 0 Å². The average Bonchev–Trinajstić information content (AvgIpc) is 2.74. The average molecular weight is 405 g/mol. The Morgan fingerprint density at radius 1 is 1.32 bits per heavy atom. The lowest BCUT2D eigenvalue weighted by Crippen LogP contribution is -2.47. The van der Waals surface area contributed by atoms with Gasteiger partial charge in [0, 0.05) is 10.7 Å². The molecule has 1 aliphatic heterocycles. The fraction of sp³-hybridized carbons (Fsp3) is 0.462. The number of amides is 1. The third kappa shape index (κ3) is 3.82. The lowest BCUT2D eigenvalue weighted by Gasteiger charge is -2.32. The van der Waals surface area contributed by atoms with Gasteiger partial charge in [-0.3, -0.25) is 4.79 Å². The van der Waals surface area contributed by atoms with Crippen LogP contribution in [0.15, 0.2) is 18.2 Å². The van der Waals surface area contributed by atoms with Crippen LogP contribution in [0.4, 0.5) is 5.69 Å². The van der Waals surface area contributed by atoms with Gasteiger partial charge in [0.2, 0.25) is 0 Å². The fourth-order valence-corrected chi connectivity index (χ4v) is 4.59. The molecule has 0 aliphatic carbocycles. The zero-order valence-corrected chi connectivity index (χ0v) is 15.4. The molecule has 1 aromatic carbocycles. The zero-order valence-electron chi connectivity index (χ0n) is 11.5. The van der Waals surface area contributed by atoms with E-state index in [9.17, 15) is 13.2 Å². The summed E-state index contributed by atoms with van der Waals surface area (Å²) in [6.45, 7) is 1.72. The highest BCUT2D eigenvalue weighted by molar-refractivity contribution is 7.91. The van der Waals surface area contributed by atoms with E-state index in [2.05, 4.69) is 0 Å². The molecule has 1 saturated heterocycles. The SMILES string of the molecule is Cc1c(Cl)cccc1N(C(=O)C(Cl)(Cl)Cl)C1CCS(=O)(=O)C1. The molecular formula is C13H13Cl4NO3S.